The molecule has 0 aliphatic carbocycles. The monoisotopic (exact) mass is 272 g/mol. The number of rotatable bonds is 5. The van der Waals surface area contributed by atoms with E-state index in [4.69, 9.17) is 5.11 Å². The third-order valence-electron chi connectivity index (χ3n) is 1.78. The van der Waals surface area contributed by atoms with E-state index in [0.29, 0.717) is 12.0 Å². The van der Waals surface area contributed by atoms with Crippen LogP contribution in [-0.2, 0) is 9.59 Å². The Bertz CT molecular complexity index is 370. The third kappa shape index (κ3) is 3.67. The van der Waals surface area contributed by atoms with Crippen molar-refractivity contribution < 1.29 is 14.7 Å². The van der Waals surface area contributed by atoms with Crippen molar-refractivity contribution >= 4 is 28.3 Å². The predicted molar refractivity (Wildman–Crippen MR) is 56.1 cm³/mol. The van der Waals surface area contributed by atoms with E-state index in [0.717, 1.165) is 4.47 Å². The highest BCUT2D eigenvalue weighted by Crippen LogP contribution is 2.19. The third-order valence-corrected chi connectivity index (χ3v) is 2.21. The summed E-state index contributed by atoms with van der Waals surface area (Å²) in [6.45, 7) is 0. The van der Waals surface area contributed by atoms with E-state index in [2.05, 4.69) is 26.2 Å². The number of carbonyl (C=O) groups excluding carboxylic acids is 1. The number of hydrogen-bond donors (Lipinski definition) is 2. The molecule has 5 nitrogen and oxygen atoms in total. The van der Waals surface area contributed by atoms with E-state index >= 15 is 0 Å². The number of carbonyl (C=O) groups is 2. The molecule has 1 aromatic rings. The number of carboxylic acid groups (broad SMARTS) is 1. The van der Waals surface area contributed by atoms with Crippen molar-refractivity contribution in [2.24, 2.45) is 0 Å². The summed E-state index contributed by atoms with van der Waals surface area (Å²) in [7, 11) is 0. The van der Waals surface area contributed by atoms with E-state index in [1.165, 1.54) is 6.20 Å². The molecule has 1 heterocycles. The molecule has 15 heavy (non-hydrogen) atoms. The normalized spacial score (nSPS) is 11.8. The van der Waals surface area contributed by atoms with E-state index in [1.807, 2.05) is 0 Å². The van der Waals surface area contributed by atoms with E-state index in [-0.39, 0.29) is 6.42 Å². The second-order valence-corrected chi connectivity index (χ2v) is 3.79. The zero-order chi connectivity index (χ0) is 11.3. The smallest absolute Gasteiger partial charge is 0.305 e. The molecule has 80 valence electrons. The average Bonchev–Trinajstić information content (AvgIpc) is 2.16. The van der Waals surface area contributed by atoms with Gasteiger partial charge in [0.25, 0.3) is 0 Å². The van der Waals surface area contributed by atoms with Crippen LogP contribution in [0.5, 0.6) is 0 Å². The molecule has 1 rings (SSSR count). The van der Waals surface area contributed by atoms with Crippen LogP contribution in [0.15, 0.2) is 22.9 Å². The SMILES string of the molecule is O=CNC(CC(=O)O)c1cncc(Br)c1. The predicted octanol–water partition coefficient (Wildman–Crippen LogP) is 1.11. The maximum absolute atomic E-state index is 10.6. The molecule has 2 N–H and O–H groups in total. The summed E-state index contributed by atoms with van der Waals surface area (Å²) in [6, 6.07) is 1.17. The lowest BCUT2D eigenvalue weighted by molar-refractivity contribution is -0.137. The molecule has 6 heteroatoms. The van der Waals surface area contributed by atoms with Gasteiger partial charge < -0.3 is 10.4 Å². The summed E-state index contributed by atoms with van der Waals surface area (Å²) in [5.74, 6) is -0.977. The van der Waals surface area contributed by atoms with Gasteiger partial charge in [0.2, 0.25) is 6.41 Å². The van der Waals surface area contributed by atoms with Crippen LogP contribution in [0.25, 0.3) is 0 Å². The Kier molecular flexibility index (Phi) is 4.23. The Balaban J connectivity index is 2.87. The molecule has 0 saturated carbocycles. The Morgan fingerprint density at radius 1 is 1.67 bits per heavy atom. The lowest BCUT2D eigenvalue weighted by Gasteiger charge is -2.13. The zero-order valence-electron chi connectivity index (χ0n) is 7.68. The number of aliphatic carboxylic acids is 1. The van der Waals surface area contributed by atoms with Crippen LogP contribution in [0, 0.1) is 0 Å². The van der Waals surface area contributed by atoms with Crippen molar-refractivity contribution in [3.05, 3.63) is 28.5 Å². The van der Waals surface area contributed by atoms with Crippen LogP contribution in [0.1, 0.15) is 18.0 Å². The van der Waals surface area contributed by atoms with Crippen molar-refractivity contribution in [2.75, 3.05) is 0 Å². The largest absolute Gasteiger partial charge is 0.481 e. The van der Waals surface area contributed by atoms with Crippen molar-refractivity contribution in [3.8, 4) is 0 Å². The van der Waals surface area contributed by atoms with Gasteiger partial charge in [0.05, 0.1) is 12.5 Å². The highest BCUT2D eigenvalue weighted by Gasteiger charge is 2.14. The molecule has 0 bridgehead atoms. The molecule has 0 aromatic carbocycles. The number of nitrogens with zero attached hydrogens (tertiary/aromatic N) is 1. The van der Waals surface area contributed by atoms with Crippen LogP contribution < -0.4 is 5.32 Å². The molecule has 0 fully saturated rings. The molecule has 1 atom stereocenters. The van der Waals surface area contributed by atoms with Gasteiger partial charge in [0.15, 0.2) is 0 Å². The quantitative estimate of drug-likeness (QED) is 0.787. The van der Waals surface area contributed by atoms with Gasteiger partial charge in [-0.2, -0.15) is 0 Å². The molecular weight excluding hydrogens is 264 g/mol. The first kappa shape index (κ1) is 11.6. The van der Waals surface area contributed by atoms with E-state index < -0.39 is 12.0 Å². The van der Waals surface area contributed by atoms with Crippen LogP contribution in [0.3, 0.4) is 0 Å². The molecule has 0 spiro atoms. The van der Waals surface area contributed by atoms with Crippen molar-refractivity contribution in [3.63, 3.8) is 0 Å². The van der Waals surface area contributed by atoms with Gasteiger partial charge in [0, 0.05) is 16.9 Å². The Morgan fingerprint density at radius 3 is 2.93 bits per heavy atom. The van der Waals surface area contributed by atoms with Gasteiger partial charge in [-0.15, -0.1) is 0 Å². The highest BCUT2D eigenvalue weighted by molar-refractivity contribution is 9.10. The van der Waals surface area contributed by atoms with Crippen molar-refractivity contribution in [2.45, 2.75) is 12.5 Å². The van der Waals surface area contributed by atoms with Crippen LogP contribution in [0.2, 0.25) is 0 Å². The Morgan fingerprint density at radius 2 is 2.40 bits per heavy atom. The Hall–Kier alpha value is -1.43. The Labute approximate surface area is 94.6 Å². The van der Waals surface area contributed by atoms with Gasteiger partial charge in [-0.3, -0.25) is 14.6 Å². The molecule has 0 radical (unpaired) electrons. The minimum atomic E-state index is -0.977. The van der Waals surface area contributed by atoms with Crippen molar-refractivity contribution in [1.82, 2.24) is 10.3 Å². The van der Waals surface area contributed by atoms with Gasteiger partial charge in [0.1, 0.15) is 0 Å². The fraction of sp³-hybridized carbons (Fsp3) is 0.222. The molecule has 0 aliphatic heterocycles. The van der Waals surface area contributed by atoms with Crippen LogP contribution in [-0.4, -0.2) is 22.5 Å². The summed E-state index contributed by atoms with van der Waals surface area (Å²) in [4.78, 5) is 24.8. The topological polar surface area (TPSA) is 79.3 Å². The molecular formula is C9H9BrN2O3. The summed E-state index contributed by atoms with van der Waals surface area (Å²) in [6.07, 6.45) is 3.42. The lowest BCUT2D eigenvalue weighted by atomic mass is 10.1. The first-order valence-corrected chi connectivity index (χ1v) is 4.94. The second-order valence-electron chi connectivity index (χ2n) is 2.87. The van der Waals surface area contributed by atoms with Gasteiger partial charge >= 0.3 is 5.97 Å². The highest BCUT2D eigenvalue weighted by atomic mass is 79.9. The summed E-state index contributed by atoms with van der Waals surface area (Å²) in [5.41, 5.74) is 0.652. The number of carboxylic acids is 1. The summed E-state index contributed by atoms with van der Waals surface area (Å²) < 4.78 is 0.739. The molecule has 1 aromatic heterocycles. The number of hydrogen-bond acceptors (Lipinski definition) is 3. The fourth-order valence-corrected chi connectivity index (χ4v) is 1.53. The maximum atomic E-state index is 10.6. The van der Waals surface area contributed by atoms with E-state index in [9.17, 15) is 9.59 Å². The van der Waals surface area contributed by atoms with Gasteiger partial charge in [-0.1, -0.05) is 0 Å². The van der Waals surface area contributed by atoms with Crippen LogP contribution >= 0.6 is 15.9 Å². The number of aromatic nitrogens is 1. The molecule has 0 saturated heterocycles. The van der Waals surface area contributed by atoms with Gasteiger partial charge in [-0.25, -0.2) is 0 Å². The molecule has 1 amide bonds. The first-order chi connectivity index (χ1) is 7.13. The zero-order valence-corrected chi connectivity index (χ0v) is 9.27. The molecule has 1 unspecified atom stereocenters. The summed E-state index contributed by atoms with van der Waals surface area (Å²) in [5, 5.41) is 11.1. The van der Waals surface area contributed by atoms with E-state index in [1.54, 1.807) is 12.3 Å². The fourth-order valence-electron chi connectivity index (χ4n) is 1.15. The first-order valence-electron chi connectivity index (χ1n) is 4.15. The lowest BCUT2D eigenvalue weighted by Crippen LogP contribution is -2.22. The van der Waals surface area contributed by atoms with Crippen molar-refractivity contribution in [1.29, 1.82) is 0 Å². The minimum absolute atomic E-state index is 0.170. The minimum Gasteiger partial charge on any atom is -0.481 e. The molecule has 0 aliphatic rings. The number of amides is 1. The maximum Gasteiger partial charge on any atom is 0.305 e. The number of halogens is 1. The standard InChI is InChI=1S/C9H9BrN2O3/c10-7-1-6(3-11-4-7)8(12-5-13)2-9(14)15/h1,3-5,8H,2H2,(H,12,13)(H,14,15). The average molecular weight is 273 g/mol. The van der Waals surface area contributed by atoms with Crippen LogP contribution in [0.4, 0.5) is 0 Å². The van der Waals surface area contributed by atoms with Gasteiger partial charge in [-0.05, 0) is 27.6 Å². The number of pyridine rings is 1. The number of nitrogens with one attached hydrogen (secondary N) is 1. The second kappa shape index (κ2) is 5.45. The summed E-state index contributed by atoms with van der Waals surface area (Å²) >= 11 is 3.22.